The van der Waals surface area contributed by atoms with Gasteiger partial charge in [-0.15, -0.1) is 0 Å². The summed E-state index contributed by atoms with van der Waals surface area (Å²) in [6, 6.07) is 24.1. The van der Waals surface area contributed by atoms with E-state index in [2.05, 4.69) is 28.6 Å². The summed E-state index contributed by atoms with van der Waals surface area (Å²) in [5.41, 5.74) is 7.80. The molecule has 0 saturated heterocycles. The van der Waals surface area contributed by atoms with Crippen LogP contribution in [0.2, 0.25) is 5.02 Å². The summed E-state index contributed by atoms with van der Waals surface area (Å²) >= 11 is 6.28. The van der Waals surface area contributed by atoms with Crippen LogP contribution in [0.25, 0.3) is 5.70 Å². The molecule has 0 radical (unpaired) electrons. The summed E-state index contributed by atoms with van der Waals surface area (Å²) in [6.07, 6.45) is 1.97. The number of benzene rings is 3. The molecule has 0 fully saturated rings. The fourth-order valence-corrected chi connectivity index (χ4v) is 3.92. The molecule has 3 aromatic carbocycles. The number of ether oxygens (including phenoxy) is 2. The molecule has 0 aromatic heterocycles. The summed E-state index contributed by atoms with van der Waals surface area (Å²) in [5, 5.41) is 2.83. The second-order valence-corrected chi connectivity index (χ2v) is 7.27. The molecule has 2 atom stereocenters. The fraction of sp³-hybridized carbons (Fsp3) is 0.130. The van der Waals surface area contributed by atoms with E-state index in [4.69, 9.17) is 21.1 Å². The first-order valence-electron chi connectivity index (χ1n) is 9.15. The van der Waals surface area contributed by atoms with E-state index in [-0.39, 0.29) is 12.3 Å². The van der Waals surface area contributed by atoms with Crippen molar-refractivity contribution >= 4 is 17.3 Å². The maximum atomic E-state index is 6.36. The van der Waals surface area contributed by atoms with Gasteiger partial charge in [0, 0.05) is 16.1 Å². The number of nitrogens with zero attached hydrogens (tertiary/aromatic N) is 1. The highest BCUT2D eigenvalue weighted by Crippen LogP contribution is 2.46. The van der Waals surface area contributed by atoms with Crippen molar-refractivity contribution in [2.24, 2.45) is 0 Å². The maximum absolute atomic E-state index is 6.36. The van der Waals surface area contributed by atoms with Crippen LogP contribution < -0.4 is 14.9 Å². The average molecular weight is 391 g/mol. The van der Waals surface area contributed by atoms with Gasteiger partial charge in [-0.2, -0.15) is 5.01 Å². The van der Waals surface area contributed by atoms with Crippen LogP contribution in [0.15, 0.2) is 78.9 Å². The topological polar surface area (TPSA) is 33.7 Å². The molecular formula is C23H19ClN2O2. The molecule has 0 saturated carbocycles. The van der Waals surface area contributed by atoms with Crippen molar-refractivity contribution in [1.82, 2.24) is 10.4 Å². The predicted octanol–water partition coefficient (Wildman–Crippen LogP) is 5.34. The molecule has 3 aromatic rings. The summed E-state index contributed by atoms with van der Waals surface area (Å²) in [6.45, 7) is 0. The Kier molecular flexibility index (Phi) is 4.23. The van der Waals surface area contributed by atoms with E-state index in [1.54, 1.807) is 7.11 Å². The highest BCUT2D eigenvalue weighted by atomic mass is 35.5. The summed E-state index contributed by atoms with van der Waals surface area (Å²) in [7, 11) is 1.67. The van der Waals surface area contributed by atoms with Crippen molar-refractivity contribution in [3.05, 3.63) is 101 Å². The number of methoxy groups -OCH3 is 1. The average Bonchev–Trinajstić information content (AvgIpc) is 3.20. The van der Waals surface area contributed by atoms with Gasteiger partial charge in [-0.1, -0.05) is 41.9 Å². The van der Waals surface area contributed by atoms with Gasteiger partial charge in [0.25, 0.3) is 0 Å². The van der Waals surface area contributed by atoms with E-state index in [1.807, 2.05) is 60.7 Å². The quantitative estimate of drug-likeness (QED) is 0.654. The normalized spacial score (nSPS) is 20.4. The fourth-order valence-electron chi connectivity index (χ4n) is 3.74. The first-order valence-corrected chi connectivity index (χ1v) is 9.53. The zero-order chi connectivity index (χ0) is 19.1. The SMILES string of the molecule is COc1ccc(C2=C[C@H]3c4cc(Cl)ccc4O[C@H](c4ccccc4)N3N2)cc1. The largest absolute Gasteiger partial charge is 0.497 e. The number of nitrogens with one attached hydrogen (secondary N) is 1. The molecule has 2 aliphatic heterocycles. The minimum Gasteiger partial charge on any atom is -0.497 e. The number of fused-ring (bicyclic) bond motifs is 3. The lowest BCUT2D eigenvalue weighted by Gasteiger charge is -2.39. The third-order valence-electron chi connectivity index (χ3n) is 5.14. The molecule has 1 N–H and O–H groups in total. The van der Waals surface area contributed by atoms with E-state index in [1.165, 1.54) is 0 Å². The van der Waals surface area contributed by atoms with Crippen LogP contribution in [0, 0.1) is 0 Å². The third kappa shape index (κ3) is 2.91. The molecule has 2 heterocycles. The minimum absolute atomic E-state index is 0.0183. The molecule has 0 aliphatic carbocycles. The van der Waals surface area contributed by atoms with Crippen LogP contribution in [-0.4, -0.2) is 12.1 Å². The highest BCUT2D eigenvalue weighted by Gasteiger charge is 2.40. The van der Waals surface area contributed by atoms with Gasteiger partial charge in [-0.05, 0) is 54.1 Å². The molecule has 5 heteroatoms. The zero-order valence-corrected chi connectivity index (χ0v) is 16.1. The van der Waals surface area contributed by atoms with Crippen molar-refractivity contribution in [3.8, 4) is 11.5 Å². The Morgan fingerprint density at radius 2 is 1.79 bits per heavy atom. The lowest BCUT2D eigenvalue weighted by molar-refractivity contribution is -0.0326. The van der Waals surface area contributed by atoms with E-state index in [0.717, 1.165) is 33.9 Å². The van der Waals surface area contributed by atoms with E-state index in [0.29, 0.717) is 5.02 Å². The molecule has 0 bridgehead atoms. The van der Waals surface area contributed by atoms with E-state index >= 15 is 0 Å². The number of halogens is 1. The molecule has 0 amide bonds. The molecule has 5 rings (SSSR count). The molecule has 2 aliphatic rings. The third-order valence-corrected chi connectivity index (χ3v) is 5.38. The van der Waals surface area contributed by atoms with Gasteiger partial charge in [0.2, 0.25) is 0 Å². The Bertz CT molecular complexity index is 1030. The first kappa shape index (κ1) is 17.2. The van der Waals surface area contributed by atoms with Crippen LogP contribution in [0.1, 0.15) is 29.0 Å². The summed E-state index contributed by atoms with van der Waals surface area (Å²) in [4.78, 5) is 0. The molecule has 4 nitrogen and oxygen atoms in total. The number of hydrazine groups is 1. The lowest BCUT2D eigenvalue weighted by Crippen LogP contribution is -2.43. The lowest BCUT2D eigenvalue weighted by atomic mass is 10.0. The predicted molar refractivity (Wildman–Crippen MR) is 110 cm³/mol. The standard InChI is InChI=1S/C23H19ClN2O2/c1-27-18-10-7-15(8-11-18)20-14-21-19-13-17(24)9-12-22(19)28-23(26(21)25-20)16-5-3-2-4-6-16/h2-14,21,23,25H,1H3/t21-,23+/m0/s1. The Labute approximate surface area is 168 Å². The monoisotopic (exact) mass is 390 g/mol. The van der Waals surface area contributed by atoms with Crippen LogP contribution in [0.5, 0.6) is 11.5 Å². The van der Waals surface area contributed by atoms with Crippen LogP contribution >= 0.6 is 11.6 Å². The van der Waals surface area contributed by atoms with Gasteiger partial charge in [-0.3, -0.25) is 0 Å². The van der Waals surface area contributed by atoms with Gasteiger partial charge in [0.05, 0.1) is 18.8 Å². The highest BCUT2D eigenvalue weighted by molar-refractivity contribution is 6.30. The zero-order valence-electron chi connectivity index (χ0n) is 15.3. The van der Waals surface area contributed by atoms with Crippen LogP contribution in [0.4, 0.5) is 0 Å². The maximum Gasteiger partial charge on any atom is 0.195 e. The molecule has 28 heavy (non-hydrogen) atoms. The van der Waals surface area contributed by atoms with Crippen molar-refractivity contribution in [3.63, 3.8) is 0 Å². The Balaban J connectivity index is 1.57. The first-order chi connectivity index (χ1) is 13.7. The van der Waals surface area contributed by atoms with Gasteiger partial charge < -0.3 is 14.9 Å². The van der Waals surface area contributed by atoms with E-state index < -0.39 is 0 Å². The van der Waals surface area contributed by atoms with Gasteiger partial charge in [0.1, 0.15) is 11.5 Å². The number of hydrogen-bond donors (Lipinski definition) is 1. The van der Waals surface area contributed by atoms with Gasteiger partial charge in [-0.25, -0.2) is 0 Å². The Morgan fingerprint density at radius 1 is 1.00 bits per heavy atom. The summed E-state index contributed by atoms with van der Waals surface area (Å²) < 4.78 is 11.6. The second kappa shape index (κ2) is 6.89. The molecule has 0 unspecified atom stereocenters. The van der Waals surface area contributed by atoms with Gasteiger partial charge >= 0.3 is 0 Å². The van der Waals surface area contributed by atoms with Crippen LogP contribution in [0.3, 0.4) is 0 Å². The van der Waals surface area contributed by atoms with Crippen molar-refractivity contribution in [1.29, 1.82) is 0 Å². The Morgan fingerprint density at radius 3 is 2.54 bits per heavy atom. The van der Waals surface area contributed by atoms with Gasteiger partial charge in [0.15, 0.2) is 6.23 Å². The van der Waals surface area contributed by atoms with Crippen molar-refractivity contribution in [2.45, 2.75) is 12.3 Å². The number of hydrogen-bond acceptors (Lipinski definition) is 4. The van der Waals surface area contributed by atoms with Crippen LogP contribution in [-0.2, 0) is 0 Å². The Hall–Kier alpha value is -2.95. The second-order valence-electron chi connectivity index (χ2n) is 6.84. The summed E-state index contributed by atoms with van der Waals surface area (Å²) in [5.74, 6) is 1.69. The number of rotatable bonds is 3. The van der Waals surface area contributed by atoms with E-state index in [9.17, 15) is 0 Å². The minimum atomic E-state index is -0.244. The molecular weight excluding hydrogens is 372 g/mol. The smallest absolute Gasteiger partial charge is 0.195 e. The van der Waals surface area contributed by atoms with Crippen molar-refractivity contribution in [2.75, 3.05) is 7.11 Å². The molecule has 0 spiro atoms. The van der Waals surface area contributed by atoms with Crippen molar-refractivity contribution < 1.29 is 9.47 Å². The molecule has 140 valence electrons.